The summed E-state index contributed by atoms with van der Waals surface area (Å²) in [6.07, 6.45) is 1.84. The summed E-state index contributed by atoms with van der Waals surface area (Å²) in [5.74, 6) is 1.19. The second-order valence-corrected chi connectivity index (χ2v) is 8.94. The maximum absolute atomic E-state index is 13.0. The number of para-hydroxylation sites is 1. The number of aryl methyl sites for hydroxylation is 1. The predicted molar refractivity (Wildman–Crippen MR) is 135 cm³/mol. The number of rotatable bonds is 7. The Labute approximate surface area is 197 Å². The average Bonchev–Trinajstić information content (AvgIpc) is 3.08. The second-order valence-electron chi connectivity index (χ2n) is 7.27. The Balaban J connectivity index is 1.54. The van der Waals surface area contributed by atoms with Crippen molar-refractivity contribution in [3.05, 3.63) is 94.4 Å². The van der Waals surface area contributed by atoms with Gasteiger partial charge in [-0.2, -0.15) is 0 Å². The third kappa shape index (κ3) is 5.03. The van der Waals surface area contributed by atoms with Gasteiger partial charge in [0.2, 0.25) is 0 Å². The van der Waals surface area contributed by atoms with Gasteiger partial charge in [0.25, 0.3) is 5.91 Å². The summed E-state index contributed by atoms with van der Waals surface area (Å²) < 4.78 is 12.3. The summed E-state index contributed by atoms with van der Waals surface area (Å²) in [4.78, 5) is 15.1. The molecule has 1 aliphatic heterocycles. The highest BCUT2D eigenvalue weighted by atomic mass is 32.2. The fraction of sp³-hybridized carbons (Fsp3) is 0.154. The molecule has 6 heteroatoms. The van der Waals surface area contributed by atoms with E-state index in [1.807, 2.05) is 61.5 Å². The van der Waals surface area contributed by atoms with Crippen LogP contribution >= 0.6 is 24.0 Å². The molecule has 0 bridgehead atoms. The summed E-state index contributed by atoms with van der Waals surface area (Å²) >= 11 is 6.75. The lowest BCUT2D eigenvalue weighted by Gasteiger charge is -2.14. The van der Waals surface area contributed by atoms with Gasteiger partial charge in [-0.05, 0) is 55.3 Å². The molecular formula is C26H23NO3S2. The number of thiocarbonyl (C=S) groups is 1. The Morgan fingerprint density at radius 2 is 1.72 bits per heavy atom. The van der Waals surface area contributed by atoms with Crippen molar-refractivity contribution in [2.24, 2.45) is 0 Å². The number of benzene rings is 3. The first-order valence-corrected chi connectivity index (χ1v) is 11.6. The lowest BCUT2D eigenvalue weighted by atomic mass is 10.1. The summed E-state index contributed by atoms with van der Waals surface area (Å²) in [7, 11) is 0. The van der Waals surface area contributed by atoms with Gasteiger partial charge in [-0.25, -0.2) is 0 Å². The van der Waals surface area contributed by atoms with Gasteiger partial charge >= 0.3 is 0 Å². The summed E-state index contributed by atoms with van der Waals surface area (Å²) in [5, 5.41) is 0. The molecule has 3 aromatic carbocycles. The fourth-order valence-corrected chi connectivity index (χ4v) is 4.57. The Morgan fingerprint density at radius 1 is 0.969 bits per heavy atom. The molecule has 0 saturated carbocycles. The number of ether oxygens (including phenoxy) is 2. The molecule has 1 saturated heterocycles. The quantitative estimate of drug-likeness (QED) is 0.302. The van der Waals surface area contributed by atoms with Crippen LogP contribution in [0.15, 0.2) is 77.7 Å². The Bertz CT molecular complexity index is 1160. The van der Waals surface area contributed by atoms with Crippen molar-refractivity contribution >= 4 is 46.0 Å². The van der Waals surface area contributed by atoms with E-state index in [-0.39, 0.29) is 5.91 Å². The molecule has 162 valence electrons. The number of carbonyl (C=O) groups is 1. The van der Waals surface area contributed by atoms with Gasteiger partial charge in [-0.15, -0.1) is 0 Å². The molecule has 0 radical (unpaired) electrons. The van der Waals surface area contributed by atoms with Gasteiger partial charge in [-0.1, -0.05) is 78.1 Å². The van der Waals surface area contributed by atoms with Gasteiger partial charge in [0.15, 0.2) is 15.8 Å². The first-order valence-electron chi connectivity index (χ1n) is 10.3. The third-order valence-electron chi connectivity index (χ3n) is 4.89. The maximum atomic E-state index is 13.0. The van der Waals surface area contributed by atoms with Gasteiger partial charge in [0.05, 0.1) is 17.2 Å². The van der Waals surface area contributed by atoms with Crippen LogP contribution in [0.25, 0.3) is 6.08 Å². The standard InChI is InChI=1S/C26H23NO3S2/c1-3-29-23-15-20(13-14-22(23)30-17-19-11-9-18(2)10-12-19)16-24-25(28)27(26(31)32-24)21-7-5-4-6-8-21/h4-16H,3,17H2,1-2H3. The second kappa shape index (κ2) is 10.0. The minimum atomic E-state index is -0.121. The van der Waals surface area contributed by atoms with Crippen LogP contribution in [0.3, 0.4) is 0 Å². The topological polar surface area (TPSA) is 38.8 Å². The van der Waals surface area contributed by atoms with Gasteiger partial charge in [0.1, 0.15) is 6.61 Å². The van der Waals surface area contributed by atoms with Crippen molar-refractivity contribution in [1.82, 2.24) is 0 Å². The molecule has 1 heterocycles. The van der Waals surface area contributed by atoms with Crippen LogP contribution in [-0.2, 0) is 11.4 Å². The summed E-state index contributed by atoms with van der Waals surface area (Å²) in [5.41, 5.74) is 3.93. The molecule has 0 aromatic heterocycles. The SMILES string of the molecule is CCOc1cc(C=C2SC(=S)N(c3ccccc3)C2=O)ccc1OCc1ccc(C)cc1. The smallest absolute Gasteiger partial charge is 0.270 e. The van der Waals surface area contributed by atoms with Crippen LogP contribution in [0.1, 0.15) is 23.6 Å². The lowest BCUT2D eigenvalue weighted by molar-refractivity contribution is -0.113. The molecule has 0 atom stereocenters. The van der Waals surface area contributed by atoms with Crippen LogP contribution < -0.4 is 14.4 Å². The van der Waals surface area contributed by atoms with Crippen molar-refractivity contribution in [3.8, 4) is 11.5 Å². The summed E-state index contributed by atoms with van der Waals surface area (Å²) in [6.45, 7) is 4.96. The number of hydrogen-bond donors (Lipinski definition) is 0. The zero-order chi connectivity index (χ0) is 22.5. The highest BCUT2D eigenvalue weighted by Gasteiger charge is 2.33. The number of amides is 1. The zero-order valence-corrected chi connectivity index (χ0v) is 19.5. The molecule has 0 N–H and O–H groups in total. The third-order valence-corrected chi connectivity index (χ3v) is 6.19. The van der Waals surface area contributed by atoms with Crippen LogP contribution in [0, 0.1) is 6.92 Å². The van der Waals surface area contributed by atoms with E-state index in [1.165, 1.54) is 17.3 Å². The van der Waals surface area contributed by atoms with Crippen molar-refractivity contribution in [1.29, 1.82) is 0 Å². The van der Waals surface area contributed by atoms with E-state index in [2.05, 4.69) is 31.2 Å². The van der Waals surface area contributed by atoms with Crippen LogP contribution in [0.4, 0.5) is 5.69 Å². The minimum absolute atomic E-state index is 0.121. The number of nitrogens with zero attached hydrogens (tertiary/aromatic N) is 1. The predicted octanol–water partition coefficient (Wildman–Crippen LogP) is 6.38. The molecule has 1 amide bonds. The van der Waals surface area contributed by atoms with E-state index in [0.29, 0.717) is 33.9 Å². The van der Waals surface area contributed by atoms with Crippen molar-refractivity contribution < 1.29 is 14.3 Å². The largest absolute Gasteiger partial charge is 0.490 e. The molecule has 3 aromatic rings. The van der Waals surface area contributed by atoms with Crippen molar-refractivity contribution in [2.75, 3.05) is 11.5 Å². The first kappa shape index (κ1) is 22.1. The monoisotopic (exact) mass is 461 g/mol. The maximum Gasteiger partial charge on any atom is 0.270 e. The van der Waals surface area contributed by atoms with Crippen molar-refractivity contribution in [2.45, 2.75) is 20.5 Å². The van der Waals surface area contributed by atoms with Crippen molar-refractivity contribution in [3.63, 3.8) is 0 Å². The normalized spacial score (nSPS) is 14.8. The molecular weight excluding hydrogens is 438 g/mol. The number of carbonyl (C=O) groups excluding carboxylic acids is 1. The van der Waals surface area contributed by atoms with Gasteiger partial charge in [-0.3, -0.25) is 9.69 Å². The molecule has 0 unspecified atom stereocenters. The Morgan fingerprint density at radius 3 is 2.44 bits per heavy atom. The van der Waals surface area contributed by atoms with E-state index in [9.17, 15) is 4.79 Å². The van der Waals surface area contributed by atoms with E-state index in [4.69, 9.17) is 21.7 Å². The number of hydrogen-bond acceptors (Lipinski definition) is 5. The van der Waals surface area contributed by atoms with Crippen LogP contribution in [0.2, 0.25) is 0 Å². The number of anilines is 1. The molecule has 4 rings (SSSR count). The fourth-order valence-electron chi connectivity index (χ4n) is 3.27. The summed E-state index contributed by atoms with van der Waals surface area (Å²) in [6, 6.07) is 23.4. The molecule has 1 aliphatic rings. The zero-order valence-electron chi connectivity index (χ0n) is 17.9. The molecule has 1 fully saturated rings. The van der Waals surface area contributed by atoms with Gasteiger partial charge in [0, 0.05) is 0 Å². The number of thioether (sulfide) groups is 1. The van der Waals surface area contributed by atoms with E-state index in [0.717, 1.165) is 16.8 Å². The van der Waals surface area contributed by atoms with E-state index < -0.39 is 0 Å². The highest BCUT2D eigenvalue weighted by molar-refractivity contribution is 8.27. The van der Waals surface area contributed by atoms with E-state index in [1.54, 1.807) is 4.90 Å². The molecule has 0 aliphatic carbocycles. The molecule has 4 nitrogen and oxygen atoms in total. The first-order chi connectivity index (χ1) is 15.5. The minimum Gasteiger partial charge on any atom is -0.490 e. The lowest BCUT2D eigenvalue weighted by Crippen LogP contribution is -2.27. The average molecular weight is 462 g/mol. The van der Waals surface area contributed by atoms with Crippen LogP contribution in [-0.4, -0.2) is 16.8 Å². The molecule has 0 spiro atoms. The Hall–Kier alpha value is -3.09. The van der Waals surface area contributed by atoms with Gasteiger partial charge < -0.3 is 9.47 Å². The van der Waals surface area contributed by atoms with Crippen LogP contribution in [0.5, 0.6) is 11.5 Å². The Kier molecular flexibility index (Phi) is 6.93. The molecule has 32 heavy (non-hydrogen) atoms. The van der Waals surface area contributed by atoms with E-state index >= 15 is 0 Å². The highest BCUT2D eigenvalue weighted by Crippen LogP contribution is 2.37.